The monoisotopic (exact) mass is 451 g/mol. The first kappa shape index (κ1) is 22.1. The fraction of sp³-hybridized carbons (Fsp3) is 0.273. The topological polar surface area (TPSA) is 68.4 Å². The van der Waals surface area contributed by atoms with E-state index in [4.69, 9.17) is 27.9 Å². The minimum absolute atomic E-state index is 0.0253. The summed E-state index contributed by atoms with van der Waals surface area (Å²) in [5.41, 5.74) is 1.38. The zero-order valence-corrected chi connectivity index (χ0v) is 18.2. The van der Waals surface area contributed by atoms with Crippen molar-refractivity contribution in [2.75, 3.05) is 7.11 Å². The van der Waals surface area contributed by atoms with E-state index in [1.807, 2.05) is 6.92 Å². The summed E-state index contributed by atoms with van der Waals surface area (Å²) >= 11 is 12.3. The molecule has 2 aromatic carbocycles. The van der Waals surface area contributed by atoms with Crippen LogP contribution >= 0.6 is 23.2 Å². The number of aryl methyl sites for hydroxylation is 1. The molecule has 0 amide bonds. The molecule has 0 saturated heterocycles. The Labute approximate surface area is 182 Å². The number of esters is 1. The van der Waals surface area contributed by atoms with Crippen LogP contribution < -0.4 is 10.2 Å². The Morgan fingerprint density at radius 2 is 1.97 bits per heavy atom. The van der Waals surface area contributed by atoms with Crippen molar-refractivity contribution in [2.24, 2.45) is 0 Å². The van der Waals surface area contributed by atoms with E-state index in [1.54, 1.807) is 18.2 Å². The van der Waals surface area contributed by atoms with E-state index in [0.717, 1.165) is 0 Å². The Bertz CT molecular complexity index is 1180. The zero-order valence-electron chi connectivity index (χ0n) is 16.6. The molecular weight excluding hydrogens is 432 g/mol. The largest absolute Gasteiger partial charge is 0.478 e. The van der Waals surface area contributed by atoms with Crippen molar-refractivity contribution in [1.29, 1.82) is 0 Å². The maximum Gasteiger partial charge on any atom is 0.346 e. The molecule has 3 rings (SSSR count). The van der Waals surface area contributed by atoms with Crippen molar-refractivity contribution in [3.63, 3.8) is 0 Å². The summed E-state index contributed by atoms with van der Waals surface area (Å²) < 4.78 is 24.8. The number of H-pyrrole nitrogens is 1. The van der Waals surface area contributed by atoms with E-state index in [0.29, 0.717) is 33.3 Å². The second kappa shape index (κ2) is 9.06. The number of hydrogen-bond donors (Lipinski definition) is 1. The number of carbonyl (C=O) groups excluding carboxylic acids is 1. The summed E-state index contributed by atoms with van der Waals surface area (Å²) in [6.45, 7) is 3.35. The number of benzene rings is 2. The molecule has 1 unspecified atom stereocenters. The number of ether oxygens (including phenoxy) is 2. The van der Waals surface area contributed by atoms with Gasteiger partial charge in [0.05, 0.1) is 18.0 Å². The van der Waals surface area contributed by atoms with Gasteiger partial charge in [-0.1, -0.05) is 36.2 Å². The average molecular weight is 452 g/mol. The van der Waals surface area contributed by atoms with Gasteiger partial charge in [0.15, 0.2) is 11.5 Å². The number of carbonyl (C=O) groups is 1. The van der Waals surface area contributed by atoms with Crippen molar-refractivity contribution in [3.05, 3.63) is 73.2 Å². The molecule has 0 radical (unpaired) electrons. The molecule has 0 aliphatic carbocycles. The summed E-state index contributed by atoms with van der Waals surface area (Å²) in [6, 6.07) is 7.56. The molecule has 0 aliphatic rings. The van der Waals surface area contributed by atoms with Crippen LogP contribution in [0.2, 0.25) is 10.0 Å². The van der Waals surface area contributed by atoms with Gasteiger partial charge in [0.2, 0.25) is 0 Å². The molecule has 0 fully saturated rings. The van der Waals surface area contributed by atoms with Gasteiger partial charge in [-0.05, 0) is 43.2 Å². The minimum Gasteiger partial charge on any atom is -0.478 e. The fourth-order valence-corrected chi connectivity index (χ4v) is 3.74. The van der Waals surface area contributed by atoms with Crippen molar-refractivity contribution >= 4 is 40.1 Å². The number of pyridine rings is 1. The lowest BCUT2D eigenvalue weighted by Crippen LogP contribution is -2.26. The third kappa shape index (κ3) is 4.30. The van der Waals surface area contributed by atoms with Crippen LogP contribution in [0.4, 0.5) is 4.39 Å². The number of methoxy groups -OCH3 is 1. The standard InChI is InChI=1S/C22H20Cl2FNO4/c1-4-17-14(9-12-5-6-13(23)10-15(12)24)21(27)19-18(30-11(2)22(28)29-3)8-7-16(25)20(19)26-17/h5-8,10-11H,4,9H2,1-3H3,(H,26,27). The number of hydrogen-bond acceptors (Lipinski definition) is 4. The summed E-state index contributed by atoms with van der Waals surface area (Å²) in [7, 11) is 1.24. The summed E-state index contributed by atoms with van der Waals surface area (Å²) in [6.07, 6.45) is -0.259. The molecule has 1 N–H and O–H groups in total. The van der Waals surface area contributed by atoms with E-state index in [-0.39, 0.29) is 23.1 Å². The van der Waals surface area contributed by atoms with Gasteiger partial charge in [-0.25, -0.2) is 9.18 Å². The maximum atomic E-state index is 14.5. The fourth-order valence-electron chi connectivity index (χ4n) is 3.27. The van der Waals surface area contributed by atoms with Gasteiger partial charge in [-0.3, -0.25) is 4.79 Å². The molecule has 0 bridgehead atoms. The number of aromatic nitrogens is 1. The third-order valence-electron chi connectivity index (χ3n) is 4.83. The van der Waals surface area contributed by atoms with Gasteiger partial charge < -0.3 is 14.5 Å². The molecule has 3 aromatic rings. The molecular formula is C22H20Cl2FNO4. The number of rotatable bonds is 6. The highest BCUT2D eigenvalue weighted by Gasteiger charge is 2.22. The number of nitrogens with one attached hydrogen (secondary N) is 1. The van der Waals surface area contributed by atoms with Gasteiger partial charge in [-0.15, -0.1) is 0 Å². The Balaban J connectivity index is 2.20. The third-order valence-corrected chi connectivity index (χ3v) is 5.42. The molecule has 1 heterocycles. The second-order valence-electron chi connectivity index (χ2n) is 6.76. The normalized spacial score (nSPS) is 12.1. The molecule has 8 heteroatoms. The highest BCUT2D eigenvalue weighted by molar-refractivity contribution is 6.35. The van der Waals surface area contributed by atoms with Crippen LogP contribution in [0.1, 0.15) is 30.7 Å². The smallest absolute Gasteiger partial charge is 0.346 e. The Morgan fingerprint density at radius 1 is 1.23 bits per heavy atom. The lowest BCUT2D eigenvalue weighted by atomic mass is 9.99. The molecule has 30 heavy (non-hydrogen) atoms. The van der Waals surface area contributed by atoms with Gasteiger partial charge in [0, 0.05) is 27.7 Å². The van der Waals surface area contributed by atoms with Gasteiger partial charge in [0.25, 0.3) is 0 Å². The number of fused-ring (bicyclic) bond motifs is 1. The maximum absolute atomic E-state index is 14.5. The molecule has 0 spiro atoms. The number of halogens is 3. The van der Waals surface area contributed by atoms with E-state index < -0.39 is 23.3 Å². The lowest BCUT2D eigenvalue weighted by molar-refractivity contribution is -0.147. The van der Waals surface area contributed by atoms with Crippen molar-refractivity contribution < 1.29 is 18.7 Å². The minimum atomic E-state index is -0.969. The van der Waals surface area contributed by atoms with Crippen LogP contribution in [-0.4, -0.2) is 24.2 Å². The van der Waals surface area contributed by atoms with Crippen LogP contribution in [0.3, 0.4) is 0 Å². The van der Waals surface area contributed by atoms with Crippen molar-refractivity contribution in [1.82, 2.24) is 4.98 Å². The average Bonchev–Trinajstić information content (AvgIpc) is 2.72. The Kier molecular flexibility index (Phi) is 6.68. The highest BCUT2D eigenvalue weighted by atomic mass is 35.5. The van der Waals surface area contributed by atoms with Gasteiger partial charge in [-0.2, -0.15) is 0 Å². The molecule has 0 aliphatic heterocycles. The lowest BCUT2D eigenvalue weighted by Gasteiger charge is -2.17. The van der Waals surface area contributed by atoms with Gasteiger partial charge in [0.1, 0.15) is 11.6 Å². The van der Waals surface area contributed by atoms with E-state index in [9.17, 15) is 14.0 Å². The summed E-state index contributed by atoms with van der Waals surface area (Å²) in [5.74, 6) is -1.11. The zero-order chi connectivity index (χ0) is 22.0. The predicted octanol–water partition coefficient (Wildman–Crippen LogP) is 5.07. The van der Waals surface area contributed by atoms with Crippen LogP contribution in [0, 0.1) is 5.82 Å². The quantitative estimate of drug-likeness (QED) is 0.531. The molecule has 1 atom stereocenters. The van der Waals surface area contributed by atoms with Crippen molar-refractivity contribution in [2.45, 2.75) is 32.8 Å². The molecule has 0 saturated carbocycles. The highest BCUT2D eigenvalue weighted by Crippen LogP contribution is 2.29. The first-order valence-corrected chi connectivity index (χ1v) is 10.1. The summed E-state index contributed by atoms with van der Waals surface area (Å²) in [4.78, 5) is 28.2. The first-order valence-electron chi connectivity index (χ1n) is 9.31. The Morgan fingerprint density at radius 3 is 2.60 bits per heavy atom. The number of aromatic amines is 1. The van der Waals surface area contributed by atoms with Crippen LogP contribution in [0.5, 0.6) is 5.75 Å². The van der Waals surface area contributed by atoms with Crippen LogP contribution in [0.25, 0.3) is 10.9 Å². The second-order valence-corrected chi connectivity index (χ2v) is 7.60. The SMILES string of the molecule is CCc1[nH]c2c(F)ccc(OC(C)C(=O)OC)c2c(=O)c1Cc1ccc(Cl)cc1Cl. The predicted molar refractivity (Wildman–Crippen MR) is 115 cm³/mol. The Hall–Kier alpha value is -2.57. The van der Waals surface area contributed by atoms with Crippen LogP contribution in [0.15, 0.2) is 35.1 Å². The van der Waals surface area contributed by atoms with E-state index in [2.05, 4.69) is 9.72 Å². The van der Waals surface area contributed by atoms with E-state index in [1.165, 1.54) is 26.2 Å². The van der Waals surface area contributed by atoms with Crippen LogP contribution in [-0.2, 0) is 22.4 Å². The van der Waals surface area contributed by atoms with Gasteiger partial charge >= 0.3 is 5.97 Å². The molecule has 1 aromatic heterocycles. The molecule has 158 valence electrons. The first-order chi connectivity index (χ1) is 14.3. The van der Waals surface area contributed by atoms with E-state index >= 15 is 0 Å². The molecule has 5 nitrogen and oxygen atoms in total. The van der Waals surface area contributed by atoms with Crippen molar-refractivity contribution in [3.8, 4) is 5.75 Å². The summed E-state index contributed by atoms with van der Waals surface area (Å²) in [5, 5.41) is 0.948.